The summed E-state index contributed by atoms with van der Waals surface area (Å²) in [6.45, 7) is 2.31. The molecule has 0 aromatic heterocycles. The molecule has 0 nitrogen and oxygen atoms in total. The van der Waals surface area contributed by atoms with E-state index in [-0.39, 0.29) is 0 Å². The third-order valence-electron chi connectivity index (χ3n) is 2.00. The molecule has 0 N–H and O–H groups in total. The molecule has 1 aliphatic rings. The van der Waals surface area contributed by atoms with Crippen LogP contribution in [0.1, 0.15) is 32.6 Å². The average molecular weight is 239 g/mol. The molecule has 56 valence electrons. The molecule has 0 radical (unpaired) electrons. The van der Waals surface area contributed by atoms with Gasteiger partial charge in [-0.2, -0.15) is 0 Å². The third kappa shape index (κ3) is 2.87. The number of hydrogen-bond donors (Lipinski definition) is 0. The summed E-state index contributed by atoms with van der Waals surface area (Å²) >= 11 is 0.676. The molecule has 0 bridgehead atoms. The van der Waals surface area contributed by atoms with E-state index in [2.05, 4.69) is 6.92 Å². The van der Waals surface area contributed by atoms with E-state index in [1.54, 1.807) is 21.7 Å². The van der Waals surface area contributed by atoms with Crippen molar-refractivity contribution in [1.82, 2.24) is 0 Å². The van der Waals surface area contributed by atoms with Gasteiger partial charge in [-0.25, -0.2) is 0 Å². The van der Waals surface area contributed by atoms with Crippen molar-refractivity contribution in [3.05, 3.63) is 0 Å². The van der Waals surface area contributed by atoms with E-state index >= 15 is 0 Å². The van der Waals surface area contributed by atoms with E-state index in [1.165, 1.54) is 12.8 Å². The number of hydrogen-bond acceptors (Lipinski definition) is 0. The standard InChI is InChI=1S/C8H16I/c1-2-3-8-4-6-9-7-5-8/h8H,2-7H2,1H3/q-1. The van der Waals surface area contributed by atoms with Crippen molar-refractivity contribution in [1.29, 1.82) is 0 Å². The summed E-state index contributed by atoms with van der Waals surface area (Å²) in [6.07, 6.45) is 6.05. The molecule has 0 aliphatic carbocycles. The Morgan fingerprint density at radius 3 is 2.56 bits per heavy atom. The van der Waals surface area contributed by atoms with Crippen molar-refractivity contribution in [2.75, 3.05) is 8.86 Å². The van der Waals surface area contributed by atoms with Crippen LogP contribution in [0.15, 0.2) is 0 Å². The van der Waals surface area contributed by atoms with Crippen LogP contribution >= 0.6 is 0 Å². The summed E-state index contributed by atoms with van der Waals surface area (Å²) < 4.78 is 3.23. The van der Waals surface area contributed by atoms with Gasteiger partial charge in [-0.3, -0.25) is 0 Å². The molecule has 0 unspecified atom stereocenters. The molecule has 0 amide bonds. The fourth-order valence-corrected chi connectivity index (χ4v) is 4.58. The van der Waals surface area contributed by atoms with Crippen molar-refractivity contribution < 1.29 is 21.2 Å². The van der Waals surface area contributed by atoms with Crippen LogP contribution in [0.5, 0.6) is 0 Å². The topological polar surface area (TPSA) is 0 Å². The Labute approximate surface area is 68.7 Å². The normalized spacial score (nSPS) is 23.2. The van der Waals surface area contributed by atoms with Gasteiger partial charge >= 0.3 is 68.6 Å². The quantitative estimate of drug-likeness (QED) is 0.441. The molecule has 1 fully saturated rings. The van der Waals surface area contributed by atoms with E-state index in [4.69, 9.17) is 0 Å². The van der Waals surface area contributed by atoms with Crippen LogP contribution in [0, 0.1) is 5.92 Å². The van der Waals surface area contributed by atoms with Crippen LogP contribution in [-0.2, 0) is 0 Å². The predicted octanol–water partition coefficient (Wildman–Crippen LogP) is -0.714. The molecule has 9 heavy (non-hydrogen) atoms. The van der Waals surface area contributed by atoms with Crippen LogP contribution < -0.4 is 21.2 Å². The first-order valence-corrected chi connectivity index (χ1v) is 7.02. The Hall–Kier alpha value is 0.730. The summed E-state index contributed by atoms with van der Waals surface area (Å²) in [5.41, 5.74) is 0. The minimum atomic E-state index is 0.676. The summed E-state index contributed by atoms with van der Waals surface area (Å²) in [4.78, 5) is 0. The van der Waals surface area contributed by atoms with E-state index < -0.39 is 0 Å². The zero-order valence-electron chi connectivity index (χ0n) is 6.20. The third-order valence-corrected chi connectivity index (χ3v) is 4.77. The SMILES string of the molecule is CCCC1CC[I-]CC1. The molecule has 0 spiro atoms. The van der Waals surface area contributed by atoms with Crippen LogP contribution in [0.4, 0.5) is 0 Å². The molecule has 1 saturated heterocycles. The zero-order valence-corrected chi connectivity index (χ0v) is 8.36. The average Bonchev–Trinajstić information content (AvgIpc) is 1.91. The second kappa shape index (κ2) is 4.53. The van der Waals surface area contributed by atoms with E-state index in [0.29, 0.717) is 21.2 Å². The van der Waals surface area contributed by atoms with E-state index in [9.17, 15) is 0 Å². The maximum absolute atomic E-state index is 2.31. The molecule has 1 heteroatoms. The van der Waals surface area contributed by atoms with Crippen molar-refractivity contribution in [2.45, 2.75) is 32.6 Å². The van der Waals surface area contributed by atoms with Gasteiger partial charge in [-0.05, 0) is 0 Å². The zero-order chi connectivity index (χ0) is 6.53. The van der Waals surface area contributed by atoms with Crippen molar-refractivity contribution >= 4 is 0 Å². The number of rotatable bonds is 2. The molecular weight excluding hydrogens is 223 g/mol. The first-order chi connectivity index (χ1) is 4.43. The summed E-state index contributed by atoms with van der Waals surface area (Å²) in [5, 5.41) is 0. The van der Waals surface area contributed by atoms with Crippen LogP contribution in [0.25, 0.3) is 0 Å². The molecule has 0 saturated carbocycles. The van der Waals surface area contributed by atoms with Crippen molar-refractivity contribution in [3.63, 3.8) is 0 Å². The van der Waals surface area contributed by atoms with Crippen molar-refractivity contribution in [3.8, 4) is 0 Å². The Balaban J connectivity index is 2.08. The van der Waals surface area contributed by atoms with Gasteiger partial charge in [0.2, 0.25) is 0 Å². The Bertz CT molecular complexity index is 62.2. The number of alkyl halides is 2. The monoisotopic (exact) mass is 239 g/mol. The first kappa shape index (κ1) is 7.83. The van der Waals surface area contributed by atoms with Gasteiger partial charge in [0, 0.05) is 0 Å². The summed E-state index contributed by atoms with van der Waals surface area (Å²) in [7, 11) is 0. The van der Waals surface area contributed by atoms with Gasteiger partial charge in [0.05, 0.1) is 0 Å². The van der Waals surface area contributed by atoms with Crippen LogP contribution in [0.2, 0.25) is 0 Å². The second-order valence-electron chi connectivity index (χ2n) is 2.80. The first-order valence-electron chi connectivity index (χ1n) is 3.97. The van der Waals surface area contributed by atoms with Crippen LogP contribution in [0.3, 0.4) is 0 Å². The van der Waals surface area contributed by atoms with Gasteiger partial charge in [0.1, 0.15) is 0 Å². The molecule has 0 aromatic rings. The number of halogens is 1. The van der Waals surface area contributed by atoms with Crippen LogP contribution in [-0.4, -0.2) is 8.86 Å². The van der Waals surface area contributed by atoms with Crippen molar-refractivity contribution in [2.24, 2.45) is 5.92 Å². The Morgan fingerprint density at radius 1 is 1.33 bits per heavy atom. The molecule has 1 heterocycles. The summed E-state index contributed by atoms with van der Waals surface area (Å²) in [5.74, 6) is 1.13. The maximum atomic E-state index is 2.31. The Kier molecular flexibility index (Phi) is 3.94. The Morgan fingerprint density at radius 2 is 2.00 bits per heavy atom. The van der Waals surface area contributed by atoms with E-state index in [0.717, 1.165) is 5.92 Å². The van der Waals surface area contributed by atoms with Gasteiger partial charge in [0.25, 0.3) is 0 Å². The van der Waals surface area contributed by atoms with E-state index in [1.807, 2.05) is 0 Å². The second-order valence-corrected chi connectivity index (χ2v) is 6.04. The van der Waals surface area contributed by atoms with Gasteiger partial charge < -0.3 is 0 Å². The molecular formula is C8H16I-. The molecule has 0 aromatic carbocycles. The predicted molar refractivity (Wildman–Crippen MR) is 37.4 cm³/mol. The molecule has 1 aliphatic heterocycles. The van der Waals surface area contributed by atoms with Gasteiger partial charge in [-0.15, -0.1) is 0 Å². The van der Waals surface area contributed by atoms with Gasteiger partial charge in [0.15, 0.2) is 0 Å². The summed E-state index contributed by atoms with van der Waals surface area (Å²) in [6, 6.07) is 0. The fourth-order valence-electron chi connectivity index (χ4n) is 1.40. The minimum absolute atomic E-state index is 0.676. The fraction of sp³-hybridized carbons (Fsp3) is 1.00. The van der Waals surface area contributed by atoms with Gasteiger partial charge in [-0.1, -0.05) is 0 Å². The molecule has 0 atom stereocenters. The molecule has 1 rings (SSSR count).